The molecule has 1 aliphatic heterocycles. The number of hydrogen-bond donors (Lipinski definition) is 1. The zero-order valence-corrected chi connectivity index (χ0v) is 13.9. The van der Waals surface area contributed by atoms with Crippen LogP contribution in [0.1, 0.15) is 5.56 Å². The number of rotatable bonds is 4. The molecule has 3 rings (SSSR count). The van der Waals surface area contributed by atoms with E-state index in [0.717, 1.165) is 5.56 Å². The first kappa shape index (κ1) is 15.5. The van der Waals surface area contributed by atoms with Gasteiger partial charge < -0.3 is 14.8 Å². The molecule has 1 atom stereocenters. The van der Waals surface area contributed by atoms with Crippen LogP contribution in [0.4, 0.5) is 5.69 Å². The smallest absolute Gasteiger partial charge is 0.267 e. The number of nitrogens with one attached hydrogen (secondary N) is 1. The number of ether oxygens (including phenoxy) is 2. The maximum absolute atomic E-state index is 12.3. The van der Waals surface area contributed by atoms with Crippen molar-refractivity contribution in [1.82, 2.24) is 4.98 Å². The molecule has 0 radical (unpaired) electrons. The Kier molecular flexibility index (Phi) is 4.57. The summed E-state index contributed by atoms with van der Waals surface area (Å²) in [7, 11) is 1.53. The Labute approximate surface area is 141 Å². The fraction of sp³-hybridized carbons (Fsp3) is 0.188. The van der Waals surface area contributed by atoms with Crippen LogP contribution in [-0.2, 0) is 9.53 Å². The van der Waals surface area contributed by atoms with Gasteiger partial charge in [0.2, 0.25) is 11.8 Å². The van der Waals surface area contributed by atoms with Gasteiger partial charge >= 0.3 is 0 Å². The lowest BCUT2D eigenvalue weighted by molar-refractivity contribution is -0.122. The fourth-order valence-corrected chi connectivity index (χ4v) is 2.63. The molecule has 1 unspecified atom stereocenters. The molecule has 0 bridgehead atoms. The third-order valence-electron chi connectivity index (χ3n) is 3.24. The Morgan fingerprint density at radius 3 is 2.87 bits per heavy atom. The number of methoxy groups -OCH3 is 1. The van der Waals surface area contributed by atoms with Gasteiger partial charge in [-0.2, -0.15) is 0 Å². The average molecular weight is 376 g/mol. The minimum absolute atomic E-state index is 0.265. The number of benzene rings is 1. The number of anilines is 1. The molecule has 1 amide bonds. The molecule has 0 aliphatic carbocycles. The quantitative estimate of drug-likeness (QED) is 0.891. The molecule has 118 valence electrons. The summed E-state index contributed by atoms with van der Waals surface area (Å²) in [6.07, 6.45) is 0.876. The molecule has 1 aliphatic rings. The molecule has 0 spiro atoms. The van der Waals surface area contributed by atoms with Crippen molar-refractivity contribution in [2.75, 3.05) is 19.0 Å². The Balaban J connectivity index is 1.63. The molecule has 2 heterocycles. The lowest BCUT2D eigenvalue weighted by atomic mass is 10.2. The van der Waals surface area contributed by atoms with Crippen LogP contribution >= 0.6 is 15.9 Å². The molecular weight excluding hydrogens is 362 g/mol. The summed E-state index contributed by atoms with van der Waals surface area (Å²) in [5.74, 6) is 0.674. The summed E-state index contributed by atoms with van der Waals surface area (Å²) < 4.78 is 11.4. The summed E-state index contributed by atoms with van der Waals surface area (Å²) in [6.45, 7) is 0.292. The largest absolute Gasteiger partial charge is 0.480 e. The standard InChI is InChI=1S/C16H14BrN3O3/c1-22-16-12(17)7-11(8-18-16)20-14(21)13-9-19-15(23-13)10-5-3-2-4-6-10/h2-8,13H,9H2,1H3,(H,20,21). The number of carbonyl (C=O) groups excluding carboxylic acids is 1. The number of hydrogen-bond acceptors (Lipinski definition) is 5. The van der Waals surface area contributed by atoms with E-state index in [1.165, 1.54) is 13.3 Å². The first-order valence-corrected chi connectivity index (χ1v) is 7.73. The van der Waals surface area contributed by atoms with Crippen LogP contribution in [0.5, 0.6) is 5.88 Å². The highest BCUT2D eigenvalue weighted by molar-refractivity contribution is 9.10. The minimum Gasteiger partial charge on any atom is -0.480 e. The SMILES string of the molecule is COc1ncc(NC(=O)C2CN=C(c3ccccc3)O2)cc1Br. The molecule has 1 N–H and O–H groups in total. The first-order valence-electron chi connectivity index (χ1n) is 6.94. The van der Waals surface area contributed by atoms with Gasteiger partial charge in [0.25, 0.3) is 5.91 Å². The number of pyridine rings is 1. The van der Waals surface area contributed by atoms with Crippen molar-refractivity contribution in [1.29, 1.82) is 0 Å². The molecule has 2 aromatic rings. The second kappa shape index (κ2) is 6.78. The first-order chi connectivity index (χ1) is 11.2. The summed E-state index contributed by atoms with van der Waals surface area (Å²) in [4.78, 5) is 20.6. The van der Waals surface area contributed by atoms with Crippen molar-refractivity contribution < 1.29 is 14.3 Å². The second-order valence-corrected chi connectivity index (χ2v) is 5.68. The second-order valence-electron chi connectivity index (χ2n) is 4.82. The summed E-state index contributed by atoms with van der Waals surface area (Å²) in [5, 5.41) is 2.76. The highest BCUT2D eigenvalue weighted by Crippen LogP contribution is 2.25. The van der Waals surface area contributed by atoms with Gasteiger partial charge in [0.1, 0.15) is 0 Å². The van der Waals surface area contributed by atoms with Crippen molar-refractivity contribution in [2.45, 2.75) is 6.10 Å². The van der Waals surface area contributed by atoms with E-state index in [1.807, 2.05) is 30.3 Å². The van der Waals surface area contributed by atoms with E-state index in [2.05, 4.69) is 31.2 Å². The Morgan fingerprint density at radius 1 is 1.39 bits per heavy atom. The maximum atomic E-state index is 12.3. The highest BCUT2D eigenvalue weighted by atomic mass is 79.9. The number of amides is 1. The van der Waals surface area contributed by atoms with Crippen molar-refractivity contribution in [3.05, 3.63) is 52.6 Å². The van der Waals surface area contributed by atoms with Crippen LogP contribution < -0.4 is 10.1 Å². The Hall–Kier alpha value is -2.41. The van der Waals surface area contributed by atoms with Gasteiger partial charge in [-0.05, 0) is 34.1 Å². The molecule has 7 heteroatoms. The van der Waals surface area contributed by atoms with Crippen LogP contribution in [-0.4, -0.2) is 36.5 Å². The molecule has 6 nitrogen and oxygen atoms in total. The number of halogens is 1. The Morgan fingerprint density at radius 2 is 2.17 bits per heavy atom. The van der Waals surface area contributed by atoms with Crippen LogP contribution in [0.15, 0.2) is 52.1 Å². The van der Waals surface area contributed by atoms with Gasteiger partial charge in [0.15, 0.2) is 6.10 Å². The molecule has 0 saturated carbocycles. The summed E-state index contributed by atoms with van der Waals surface area (Å²) in [5.41, 5.74) is 1.41. The van der Waals surface area contributed by atoms with Gasteiger partial charge in [-0.1, -0.05) is 18.2 Å². The summed E-state index contributed by atoms with van der Waals surface area (Å²) >= 11 is 3.33. The van der Waals surface area contributed by atoms with E-state index in [0.29, 0.717) is 28.5 Å². The van der Waals surface area contributed by atoms with E-state index < -0.39 is 6.10 Å². The van der Waals surface area contributed by atoms with Gasteiger partial charge in [-0.25, -0.2) is 9.98 Å². The Bertz CT molecular complexity index is 749. The van der Waals surface area contributed by atoms with Crippen LogP contribution in [0.3, 0.4) is 0 Å². The molecule has 1 aromatic heterocycles. The lowest BCUT2D eigenvalue weighted by Crippen LogP contribution is -2.31. The minimum atomic E-state index is -0.647. The predicted molar refractivity (Wildman–Crippen MR) is 89.8 cm³/mol. The average Bonchev–Trinajstić information content (AvgIpc) is 3.06. The maximum Gasteiger partial charge on any atom is 0.267 e. The van der Waals surface area contributed by atoms with Crippen LogP contribution in [0.2, 0.25) is 0 Å². The summed E-state index contributed by atoms with van der Waals surface area (Å²) in [6, 6.07) is 11.2. The highest BCUT2D eigenvalue weighted by Gasteiger charge is 2.27. The molecule has 1 aromatic carbocycles. The topological polar surface area (TPSA) is 72.8 Å². The van der Waals surface area contributed by atoms with Crippen molar-refractivity contribution in [2.24, 2.45) is 4.99 Å². The number of aliphatic imine (C=N–C) groups is 1. The third kappa shape index (κ3) is 3.50. The number of nitrogens with zero attached hydrogens (tertiary/aromatic N) is 2. The predicted octanol–water partition coefficient (Wildman–Crippen LogP) is 2.64. The van der Waals surface area contributed by atoms with E-state index in [9.17, 15) is 4.79 Å². The van der Waals surface area contributed by atoms with E-state index in [-0.39, 0.29) is 5.91 Å². The number of carbonyl (C=O) groups is 1. The van der Waals surface area contributed by atoms with Crippen molar-refractivity contribution in [3.63, 3.8) is 0 Å². The van der Waals surface area contributed by atoms with E-state index >= 15 is 0 Å². The molecule has 0 saturated heterocycles. The monoisotopic (exact) mass is 375 g/mol. The third-order valence-corrected chi connectivity index (χ3v) is 3.80. The van der Waals surface area contributed by atoms with Gasteiger partial charge in [-0.3, -0.25) is 4.79 Å². The van der Waals surface area contributed by atoms with Crippen LogP contribution in [0, 0.1) is 0 Å². The number of aromatic nitrogens is 1. The molecular formula is C16H14BrN3O3. The van der Waals surface area contributed by atoms with Gasteiger partial charge in [0, 0.05) is 5.56 Å². The van der Waals surface area contributed by atoms with Crippen LogP contribution in [0.25, 0.3) is 0 Å². The van der Waals surface area contributed by atoms with Crippen molar-refractivity contribution in [3.8, 4) is 5.88 Å². The van der Waals surface area contributed by atoms with E-state index in [4.69, 9.17) is 9.47 Å². The van der Waals surface area contributed by atoms with Gasteiger partial charge in [-0.15, -0.1) is 0 Å². The zero-order valence-electron chi connectivity index (χ0n) is 12.3. The van der Waals surface area contributed by atoms with Crippen molar-refractivity contribution >= 4 is 33.4 Å². The molecule has 23 heavy (non-hydrogen) atoms. The lowest BCUT2D eigenvalue weighted by Gasteiger charge is -2.12. The molecule has 0 fully saturated rings. The fourth-order valence-electron chi connectivity index (χ4n) is 2.12. The normalized spacial score (nSPS) is 16.4. The van der Waals surface area contributed by atoms with Gasteiger partial charge in [0.05, 0.1) is 30.0 Å². The zero-order chi connectivity index (χ0) is 16.2. The van der Waals surface area contributed by atoms with E-state index in [1.54, 1.807) is 6.07 Å².